The largest absolute Gasteiger partial charge is 0.463 e. The topological polar surface area (TPSA) is 66.8 Å². The zero-order valence-electron chi connectivity index (χ0n) is 9.00. The van der Waals surface area contributed by atoms with E-state index in [2.05, 4.69) is 18.4 Å². The second kappa shape index (κ2) is 9.19. The summed E-state index contributed by atoms with van der Waals surface area (Å²) in [6.45, 7) is 3.70. The summed E-state index contributed by atoms with van der Waals surface area (Å²) in [4.78, 5) is 28.5. The molecule has 0 aromatic carbocycles. The van der Waals surface area contributed by atoms with E-state index < -0.39 is 11.7 Å². The fourth-order valence-electron chi connectivity index (χ4n) is 0.973. The number of hydrogen-bond acceptors (Lipinski definition) is 4. The van der Waals surface area contributed by atoms with Crippen LogP contribution in [0.3, 0.4) is 0 Å². The van der Waals surface area contributed by atoms with Gasteiger partial charge in [-0.05, 0) is 24.6 Å². The summed E-state index contributed by atoms with van der Waals surface area (Å²) in [6, 6.07) is 0. The van der Waals surface area contributed by atoms with Crippen molar-refractivity contribution in [3.63, 3.8) is 0 Å². The van der Waals surface area contributed by atoms with Crippen molar-refractivity contribution >= 4 is 34.9 Å². The van der Waals surface area contributed by atoms with E-state index in [9.17, 15) is 4.79 Å². The highest BCUT2D eigenvalue weighted by Gasteiger charge is 2.06. The van der Waals surface area contributed by atoms with Crippen LogP contribution >= 0.6 is 17.1 Å². The predicted molar refractivity (Wildman–Crippen MR) is 70.8 cm³/mol. The van der Waals surface area contributed by atoms with E-state index in [0.29, 0.717) is 12.4 Å². The van der Waals surface area contributed by atoms with Gasteiger partial charge < -0.3 is 14.5 Å². The molecule has 0 saturated carbocycles. The summed E-state index contributed by atoms with van der Waals surface area (Å²) >= 11 is 5.51. The minimum absolute atomic E-state index is 0.392. The van der Waals surface area contributed by atoms with Crippen molar-refractivity contribution in [2.24, 2.45) is 0 Å². The lowest BCUT2D eigenvalue weighted by Gasteiger charge is -2.06. The molecule has 0 amide bonds. The Balaban J connectivity index is 3.19. The van der Waals surface area contributed by atoms with Crippen LogP contribution in [-0.2, 0) is 21.3 Å². The van der Waals surface area contributed by atoms with E-state index in [0.717, 1.165) is 43.1 Å². The van der Waals surface area contributed by atoms with Crippen molar-refractivity contribution in [3.8, 4) is 0 Å². The van der Waals surface area contributed by atoms with Crippen LogP contribution in [0.25, 0.3) is 0 Å². The predicted octanol–water partition coefficient (Wildman–Crippen LogP) is 2.22. The lowest BCUT2D eigenvalue weighted by Crippen LogP contribution is -2.01. The van der Waals surface area contributed by atoms with E-state index in [1.54, 1.807) is 0 Å². The summed E-state index contributed by atoms with van der Waals surface area (Å²) in [5.41, 5.74) is -3.07. The first-order valence-electron chi connectivity index (χ1n) is 4.95. The number of carbonyl (C=O) groups is 1. The number of unbranched alkanes of at least 4 members (excludes halogenated alkanes) is 3. The Labute approximate surface area is 105 Å². The number of esters is 1. The van der Waals surface area contributed by atoms with Crippen LogP contribution < -0.4 is 0 Å². The maximum absolute atomic E-state index is 10.7. The van der Waals surface area contributed by atoms with Gasteiger partial charge in [-0.1, -0.05) is 30.8 Å². The molecule has 0 aliphatic carbocycles. The summed E-state index contributed by atoms with van der Waals surface area (Å²) in [6.07, 6.45) is 4.76. The van der Waals surface area contributed by atoms with Crippen LogP contribution in [0.5, 0.6) is 0 Å². The fourth-order valence-corrected chi connectivity index (χ4v) is 3.32. The summed E-state index contributed by atoms with van der Waals surface area (Å²) < 4.78 is 4.80. The smallest absolute Gasteiger partial charge is 0.330 e. The minimum Gasteiger partial charge on any atom is -0.463 e. The molecule has 7 heteroatoms. The van der Waals surface area contributed by atoms with Gasteiger partial charge in [0.2, 0.25) is 5.69 Å². The normalized spacial score (nSPS) is 11.1. The van der Waals surface area contributed by atoms with Crippen LogP contribution in [0.15, 0.2) is 12.7 Å². The second-order valence-electron chi connectivity index (χ2n) is 3.11. The van der Waals surface area contributed by atoms with E-state index >= 15 is 0 Å². The summed E-state index contributed by atoms with van der Waals surface area (Å²) in [5, 5.41) is 0. The molecule has 94 valence electrons. The van der Waals surface area contributed by atoms with Gasteiger partial charge in [0.25, 0.3) is 0 Å². The monoisotopic (exact) mass is 284 g/mol. The molecule has 0 unspecified atom stereocenters. The third-order valence-electron chi connectivity index (χ3n) is 1.71. The Hall–Kier alpha value is 0.130. The molecule has 0 heterocycles. The molecule has 0 aliphatic rings. The van der Waals surface area contributed by atoms with Gasteiger partial charge in [0.15, 0.2) is 0 Å². The van der Waals surface area contributed by atoms with Gasteiger partial charge in [-0.25, -0.2) is 4.79 Å². The van der Waals surface area contributed by atoms with Crippen molar-refractivity contribution in [1.29, 1.82) is 0 Å². The fraction of sp³-hybridized carbons (Fsp3) is 0.667. The van der Waals surface area contributed by atoms with Gasteiger partial charge in [-0.15, -0.1) is 0 Å². The third kappa shape index (κ3) is 12.2. The van der Waals surface area contributed by atoms with Crippen molar-refractivity contribution in [2.75, 3.05) is 12.4 Å². The van der Waals surface area contributed by atoms with E-state index in [-0.39, 0.29) is 0 Å². The zero-order chi connectivity index (χ0) is 12.4. The molecule has 0 fully saturated rings. The lowest BCUT2D eigenvalue weighted by molar-refractivity contribution is -0.137. The van der Waals surface area contributed by atoms with E-state index in [1.807, 2.05) is 0 Å². The highest BCUT2D eigenvalue weighted by Crippen LogP contribution is 2.50. The van der Waals surface area contributed by atoms with Crippen molar-refractivity contribution < 1.29 is 19.3 Å². The first kappa shape index (κ1) is 16.1. The van der Waals surface area contributed by atoms with Crippen molar-refractivity contribution in [1.82, 2.24) is 0 Å². The van der Waals surface area contributed by atoms with Crippen LogP contribution in [0, 0.1) is 0 Å². The Bertz CT molecular complexity index is 264. The van der Waals surface area contributed by atoms with Gasteiger partial charge in [-0.3, -0.25) is 0 Å². The van der Waals surface area contributed by atoms with E-state index in [1.165, 1.54) is 0 Å². The molecule has 0 aliphatic heterocycles. The standard InChI is InChI=1S/C9H17O4PS2/c1-2-9(10)13-7-5-3-4-6-8-16-14(11,12)15/h2H,1,3-8H2,(H2,11,12,15). The van der Waals surface area contributed by atoms with Crippen LogP contribution in [0.2, 0.25) is 0 Å². The Morgan fingerprint density at radius 3 is 2.56 bits per heavy atom. The van der Waals surface area contributed by atoms with Gasteiger partial charge >= 0.3 is 5.97 Å². The number of hydrogen-bond donors (Lipinski definition) is 2. The zero-order valence-corrected chi connectivity index (χ0v) is 11.5. The van der Waals surface area contributed by atoms with Gasteiger partial charge in [-0.2, -0.15) is 0 Å². The van der Waals surface area contributed by atoms with Crippen LogP contribution in [-0.4, -0.2) is 28.1 Å². The molecule has 0 radical (unpaired) electrons. The average Bonchev–Trinajstić information content (AvgIpc) is 2.20. The Morgan fingerprint density at radius 1 is 1.38 bits per heavy atom. The summed E-state index contributed by atoms with van der Waals surface area (Å²) in [7, 11) is 0. The molecule has 0 atom stereocenters. The number of ether oxygens (including phenoxy) is 1. The van der Waals surface area contributed by atoms with Gasteiger partial charge in [0.05, 0.1) is 6.61 Å². The molecule has 4 nitrogen and oxygen atoms in total. The molecule has 2 N–H and O–H groups in total. The van der Waals surface area contributed by atoms with Gasteiger partial charge in [0.1, 0.15) is 0 Å². The first-order valence-corrected chi connectivity index (χ1v) is 9.25. The van der Waals surface area contributed by atoms with Crippen molar-refractivity contribution in [2.45, 2.75) is 25.7 Å². The molecular formula is C9H17O4PS2. The molecular weight excluding hydrogens is 267 g/mol. The Morgan fingerprint density at radius 2 is 2.00 bits per heavy atom. The SMILES string of the molecule is C=CC(=O)OCCCCCCSP(O)(O)=S. The van der Waals surface area contributed by atoms with E-state index in [4.69, 9.17) is 14.5 Å². The van der Waals surface area contributed by atoms with Gasteiger partial charge in [0, 0.05) is 11.8 Å². The maximum Gasteiger partial charge on any atom is 0.330 e. The quantitative estimate of drug-likeness (QED) is 0.293. The molecule has 0 bridgehead atoms. The molecule has 0 aromatic heterocycles. The summed E-state index contributed by atoms with van der Waals surface area (Å²) in [5.74, 6) is 0.272. The number of carbonyl (C=O) groups excluding carboxylic acids is 1. The molecule has 0 rings (SSSR count). The molecule has 0 aromatic rings. The highest BCUT2D eigenvalue weighted by molar-refractivity contribution is 8.67. The third-order valence-corrected chi connectivity index (χ3v) is 5.02. The molecule has 16 heavy (non-hydrogen) atoms. The highest BCUT2D eigenvalue weighted by atomic mass is 32.9. The van der Waals surface area contributed by atoms with Crippen molar-refractivity contribution in [3.05, 3.63) is 12.7 Å². The maximum atomic E-state index is 10.7. The minimum atomic E-state index is -3.07. The van der Waals surface area contributed by atoms with Crippen LogP contribution in [0.1, 0.15) is 25.7 Å². The Kier molecular flexibility index (Phi) is 9.26. The lowest BCUT2D eigenvalue weighted by atomic mass is 10.2. The first-order chi connectivity index (χ1) is 7.45. The average molecular weight is 284 g/mol. The second-order valence-corrected chi connectivity index (χ2v) is 9.28. The molecule has 0 spiro atoms. The van der Waals surface area contributed by atoms with Crippen LogP contribution in [0.4, 0.5) is 0 Å². The number of rotatable bonds is 9. The molecule has 0 saturated heterocycles.